The normalized spacial score (nSPS) is 27.6. The first kappa shape index (κ1) is 17.3. The Hall–Kier alpha value is 0.250. The first-order chi connectivity index (χ1) is 9.22. The molecule has 0 aromatic carbocycles. The van der Waals surface area contributed by atoms with Crippen LogP contribution in [0.5, 0.6) is 0 Å². The lowest BCUT2D eigenvalue weighted by molar-refractivity contribution is 0.217. The predicted octanol–water partition coefficient (Wildman–Crippen LogP) is 5.51. The largest absolute Gasteiger partial charge is 0.310 e. The highest BCUT2D eigenvalue weighted by atomic mass is 35.5. The van der Waals surface area contributed by atoms with Crippen LogP contribution in [0.1, 0.15) is 84.5 Å². The van der Waals surface area contributed by atoms with E-state index in [0.29, 0.717) is 0 Å². The number of hydrogen-bond donors (Lipinski definition) is 1. The van der Waals surface area contributed by atoms with Crippen molar-refractivity contribution in [2.45, 2.75) is 90.0 Å². The van der Waals surface area contributed by atoms with E-state index in [9.17, 15) is 0 Å². The molecule has 0 spiro atoms. The topological polar surface area (TPSA) is 12.0 Å². The van der Waals surface area contributed by atoms with Gasteiger partial charge in [0.05, 0.1) is 0 Å². The standard InChI is InChI=1S/C17H34ClN/c1-3-4-5-6-7-8-9-14-19-17(15-18)12-10-16(2)11-13-17/h16,19H,3-15H2,1-2H3. The second-order valence-corrected chi connectivity index (χ2v) is 6.91. The van der Waals surface area contributed by atoms with Crippen LogP contribution < -0.4 is 5.32 Å². The molecule has 1 fully saturated rings. The average molecular weight is 288 g/mol. The highest BCUT2D eigenvalue weighted by molar-refractivity contribution is 6.18. The zero-order valence-corrected chi connectivity index (χ0v) is 13.9. The zero-order chi connectivity index (χ0) is 14.0. The van der Waals surface area contributed by atoms with E-state index >= 15 is 0 Å². The minimum atomic E-state index is 0.260. The quantitative estimate of drug-likeness (QED) is 0.412. The van der Waals surface area contributed by atoms with Crippen LogP contribution in [-0.4, -0.2) is 18.0 Å². The van der Waals surface area contributed by atoms with E-state index in [0.717, 1.165) is 18.3 Å². The van der Waals surface area contributed by atoms with Gasteiger partial charge in [0.25, 0.3) is 0 Å². The van der Waals surface area contributed by atoms with Gasteiger partial charge in [-0.3, -0.25) is 0 Å². The molecule has 1 nitrogen and oxygen atoms in total. The van der Waals surface area contributed by atoms with Gasteiger partial charge in [-0.05, 0) is 44.6 Å². The Morgan fingerprint density at radius 3 is 2.16 bits per heavy atom. The van der Waals surface area contributed by atoms with Crippen LogP contribution in [0, 0.1) is 5.92 Å². The van der Waals surface area contributed by atoms with Crippen LogP contribution in [0.25, 0.3) is 0 Å². The van der Waals surface area contributed by atoms with Crippen molar-refractivity contribution in [3.05, 3.63) is 0 Å². The maximum absolute atomic E-state index is 6.22. The van der Waals surface area contributed by atoms with Crippen molar-refractivity contribution < 1.29 is 0 Å². The Bertz CT molecular complexity index is 209. The van der Waals surface area contributed by atoms with Crippen molar-refractivity contribution in [3.63, 3.8) is 0 Å². The van der Waals surface area contributed by atoms with Gasteiger partial charge in [-0.1, -0.05) is 52.4 Å². The highest BCUT2D eigenvalue weighted by Gasteiger charge is 2.32. The summed E-state index contributed by atoms with van der Waals surface area (Å²) in [5.41, 5.74) is 0.260. The molecule has 0 radical (unpaired) electrons. The second-order valence-electron chi connectivity index (χ2n) is 6.64. The molecule has 0 atom stereocenters. The van der Waals surface area contributed by atoms with Crippen LogP contribution in [0.15, 0.2) is 0 Å². The summed E-state index contributed by atoms with van der Waals surface area (Å²) in [6.07, 6.45) is 14.9. The van der Waals surface area contributed by atoms with Gasteiger partial charge in [-0.25, -0.2) is 0 Å². The molecule has 114 valence electrons. The van der Waals surface area contributed by atoms with Gasteiger partial charge in [0.2, 0.25) is 0 Å². The van der Waals surface area contributed by atoms with Gasteiger partial charge >= 0.3 is 0 Å². The second kappa shape index (κ2) is 10.0. The van der Waals surface area contributed by atoms with E-state index in [2.05, 4.69) is 19.2 Å². The molecule has 19 heavy (non-hydrogen) atoms. The van der Waals surface area contributed by atoms with Gasteiger partial charge in [-0.2, -0.15) is 0 Å². The number of halogens is 1. The molecule has 0 bridgehead atoms. The summed E-state index contributed by atoms with van der Waals surface area (Å²) in [5, 5.41) is 3.78. The van der Waals surface area contributed by atoms with Crippen molar-refractivity contribution in [2.75, 3.05) is 12.4 Å². The molecule has 1 aliphatic carbocycles. The van der Waals surface area contributed by atoms with Crippen molar-refractivity contribution in [3.8, 4) is 0 Å². The third kappa shape index (κ3) is 6.99. The Labute approximate surface area is 125 Å². The minimum absolute atomic E-state index is 0.260. The Kier molecular flexibility index (Phi) is 9.15. The summed E-state index contributed by atoms with van der Waals surface area (Å²) in [6.45, 7) is 5.81. The Balaban J connectivity index is 2.03. The maximum atomic E-state index is 6.22. The highest BCUT2D eigenvalue weighted by Crippen LogP contribution is 2.32. The molecule has 1 rings (SSSR count). The van der Waals surface area contributed by atoms with Crippen LogP contribution in [0.4, 0.5) is 0 Å². The first-order valence-corrected chi connectivity index (χ1v) is 9.07. The fourth-order valence-corrected chi connectivity index (χ4v) is 3.47. The van der Waals surface area contributed by atoms with Gasteiger partial charge in [0.1, 0.15) is 0 Å². The summed E-state index contributed by atoms with van der Waals surface area (Å²) < 4.78 is 0. The Morgan fingerprint density at radius 2 is 1.58 bits per heavy atom. The maximum Gasteiger partial charge on any atom is 0.0406 e. The third-order valence-corrected chi connectivity index (χ3v) is 5.28. The first-order valence-electron chi connectivity index (χ1n) is 8.53. The molecule has 0 aromatic rings. The van der Waals surface area contributed by atoms with Crippen LogP contribution in [-0.2, 0) is 0 Å². The molecule has 1 N–H and O–H groups in total. The lowest BCUT2D eigenvalue weighted by Crippen LogP contribution is -2.49. The third-order valence-electron chi connectivity index (χ3n) is 4.77. The van der Waals surface area contributed by atoms with E-state index in [4.69, 9.17) is 11.6 Å². The van der Waals surface area contributed by atoms with Crippen LogP contribution in [0.3, 0.4) is 0 Å². The van der Waals surface area contributed by atoms with Gasteiger partial charge in [-0.15, -0.1) is 11.6 Å². The molecule has 1 saturated carbocycles. The summed E-state index contributed by atoms with van der Waals surface area (Å²) in [6, 6.07) is 0. The van der Waals surface area contributed by atoms with Crippen LogP contribution >= 0.6 is 11.6 Å². The lowest BCUT2D eigenvalue weighted by Gasteiger charge is -2.39. The van der Waals surface area contributed by atoms with Crippen LogP contribution in [0.2, 0.25) is 0 Å². The van der Waals surface area contributed by atoms with Crippen molar-refractivity contribution >= 4 is 11.6 Å². The molecule has 0 aromatic heterocycles. The number of alkyl halides is 1. The fourth-order valence-electron chi connectivity index (χ4n) is 3.11. The molecule has 2 heteroatoms. The zero-order valence-electron chi connectivity index (χ0n) is 13.1. The van der Waals surface area contributed by atoms with Gasteiger partial charge in [0, 0.05) is 11.4 Å². The molecule has 0 aliphatic heterocycles. The summed E-state index contributed by atoms with van der Waals surface area (Å²) >= 11 is 6.22. The van der Waals surface area contributed by atoms with Crippen molar-refractivity contribution in [1.29, 1.82) is 0 Å². The minimum Gasteiger partial charge on any atom is -0.310 e. The van der Waals surface area contributed by atoms with Gasteiger partial charge in [0.15, 0.2) is 0 Å². The van der Waals surface area contributed by atoms with E-state index in [1.165, 1.54) is 70.6 Å². The molecule has 0 amide bonds. The fraction of sp³-hybridized carbons (Fsp3) is 1.00. The smallest absolute Gasteiger partial charge is 0.0406 e. The summed E-state index contributed by atoms with van der Waals surface area (Å²) in [5.74, 6) is 1.69. The van der Waals surface area contributed by atoms with E-state index in [1.807, 2.05) is 0 Å². The van der Waals surface area contributed by atoms with E-state index < -0.39 is 0 Å². The average Bonchev–Trinajstić information content (AvgIpc) is 2.44. The number of unbranched alkanes of at least 4 members (excludes halogenated alkanes) is 6. The summed E-state index contributed by atoms with van der Waals surface area (Å²) in [7, 11) is 0. The van der Waals surface area contributed by atoms with E-state index in [1.54, 1.807) is 0 Å². The molecule has 0 saturated heterocycles. The monoisotopic (exact) mass is 287 g/mol. The number of hydrogen-bond acceptors (Lipinski definition) is 1. The van der Waals surface area contributed by atoms with Crippen molar-refractivity contribution in [2.24, 2.45) is 5.92 Å². The number of nitrogens with one attached hydrogen (secondary N) is 1. The lowest BCUT2D eigenvalue weighted by atomic mass is 9.78. The SMILES string of the molecule is CCCCCCCCCNC1(CCl)CCC(C)CC1. The summed E-state index contributed by atoms with van der Waals surface area (Å²) in [4.78, 5) is 0. The molecule has 0 heterocycles. The molecular formula is C17H34ClN. The molecular weight excluding hydrogens is 254 g/mol. The molecule has 1 aliphatic rings. The van der Waals surface area contributed by atoms with E-state index in [-0.39, 0.29) is 5.54 Å². The molecule has 0 unspecified atom stereocenters. The van der Waals surface area contributed by atoms with Crippen molar-refractivity contribution in [1.82, 2.24) is 5.32 Å². The Morgan fingerprint density at radius 1 is 1.00 bits per heavy atom. The number of rotatable bonds is 10. The van der Waals surface area contributed by atoms with Gasteiger partial charge < -0.3 is 5.32 Å². The predicted molar refractivity (Wildman–Crippen MR) is 87.1 cm³/mol.